The van der Waals surface area contributed by atoms with E-state index in [0.29, 0.717) is 17.2 Å². The van der Waals surface area contributed by atoms with E-state index >= 15 is 0 Å². The van der Waals surface area contributed by atoms with Crippen molar-refractivity contribution in [2.24, 2.45) is 10.8 Å². The molecule has 17 heteroatoms. The molecule has 4 atom stereocenters. The van der Waals surface area contributed by atoms with E-state index in [0.717, 1.165) is 23.5 Å². The van der Waals surface area contributed by atoms with Crippen LogP contribution in [-0.2, 0) is 32.5 Å². The topological polar surface area (TPSA) is 184 Å². The van der Waals surface area contributed by atoms with Gasteiger partial charge in [0.1, 0.15) is 30.2 Å². The molecule has 242 valence electrons. The Morgan fingerprint density at radius 1 is 1.07 bits per heavy atom. The Labute approximate surface area is 260 Å². The van der Waals surface area contributed by atoms with E-state index in [4.69, 9.17) is 18.3 Å². The highest BCUT2D eigenvalue weighted by Gasteiger charge is 2.54. The number of phosphoric ester groups is 1. The Balaban J connectivity index is 1.69. The van der Waals surface area contributed by atoms with E-state index in [2.05, 4.69) is 20.4 Å². The van der Waals surface area contributed by atoms with Gasteiger partial charge in [0.15, 0.2) is 21.7 Å². The third-order valence-corrected chi connectivity index (χ3v) is 10.3. The predicted molar refractivity (Wildman–Crippen MR) is 164 cm³/mol. The highest BCUT2D eigenvalue weighted by atomic mass is 32.2. The molecular formula is C26H42N5O9PS2. The number of ether oxygens (including phenoxy) is 1. The molecule has 0 amide bonds. The summed E-state index contributed by atoms with van der Waals surface area (Å²) >= 11 is 2.08. The zero-order valence-corrected chi connectivity index (χ0v) is 28.3. The van der Waals surface area contributed by atoms with Gasteiger partial charge in [0, 0.05) is 29.4 Å². The van der Waals surface area contributed by atoms with E-state index in [1.54, 1.807) is 48.6 Å². The number of anilines is 1. The summed E-state index contributed by atoms with van der Waals surface area (Å²) in [5.41, 5.74) is -2.15. The lowest BCUT2D eigenvalue weighted by Gasteiger charge is -2.26. The van der Waals surface area contributed by atoms with Gasteiger partial charge in [-0.05, 0) is 6.92 Å². The Bertz CT molecular complexity index is 1290. The van der Waals surface area contributed by atoms with Gasteiger partial charge in [-0.15, -0.1) is 0 Å². The minimum Gasteiger partial charge on any atom is -0.387 e. The van der Waals surface area contributed by atoms with Crippen LogP contribution in [0.1, 0.15) is 60.3 Å². The van der Waals surface area contributed by atoms with E-state index in [1.807, 2.05) is 0 Å². The van der Waals surface area contributed by atoms with Crippen LogP contribution in [-0.4, -0.2) is 96.2 Å². The first-order valence-corrected chi connectivity index (χ1v) is 17.1. The number of phosphoric acid groups is 1. The van der Waals surface area contributed by atoms with Gasteiger partial charge in [0.05, 0.1) is 31.7 Å². The largest absolute Gasteiger partial charge is 0.474 e. The number of carbonyl (C=O) groups is 2. The third-order valence-electron chi connectivity index (χ3n) is 6.38. The minimum atomic E-state index is -4.24. The molecule has 0 spiro atoms. The van der Waals surface area contributed by atoms with Crippen molar-refractivity contribution in [1.29, 1.82) is 0 Å². The number of nitrogens with zero attached hydrogens (tertiary/aromatic N) is 4. The van der Waals surface area contributed by atoms with Crippen molar-refractivity contribution in [3.8, 4) is 0 Å². The van der Waals surface area contributed by atoms with E-state index < -0.39 is 49.2 Å². The van der Waals surface area contributed by atoms with Crippen LogP contribution in [0.4, 0.5) is 5.82 Å². The summed E-state index contributed by atoms with van der Waals surface area (Å²) in [6, 6.07) is 0. The fourth-order valence-corrected chi connectivity index (χ4v) is 6.88. The first-order chi connectivity index (χ1) is 19.9. The van der Waals surface area contributed by atoms with Crippen molar-refractivity contribution >= 4 is 53.0 Å². The number of aromatic nitrogens is 4. The highest BCUT2D eigenvalue weighted by Crippen LogP contribution is 2.51. The molecule has 0 bridgehead atoms. The summed E-state index contributed by atoms with van der Waals surface area (Å²) in [5.74, 6) is 0.863. The number of fused-ring (bicyclic) bond motifs is 1. The van der Waals surface area contributed by atoms with Crippen molar-refractivity contribution in [3.63, 3.8) is 0 Å². The van der Waals surface area contributed by atoms with E-state index in [-0.39, 0.29) is 35.0 Å². The number of nitrogens with one attached hydrogen (secondary N) is 1. The van der Waals surface area contributed by atoms with Crippen molar-refractivity contribution in [2.75, 3.05) is 43.7 Å². The molecule has 43 heavy (non-hydrogen) atoms. The lowest BCUT2D eigenvalue weighted by molar-refractivity contribution is -0.118. The number of carbonyl (C=O) groups excluding carboxylic acids is 2. The van der Waals surface area contributed by atoms with Crippen molar-refractivity contribution in [3.05, 3.63) is 18.2 Å². The average molecular weight is 664 g/mol. The normalized spacial score (nSPS) is 23.2. The molecule has 3 rings (SSSR count). The molecular weight excluding hydrogens is 621 g/mol. The number of aliphatic hydroxyl groups is 2. The molecule has 1 saturated heterocycles. The number of imidazole rings is 1. The maximum absolute atomic E-state index is 13.6. The summed E-state index contributed by atoms with van der Waals surface area (Å²) in [6.07, 6.45) is -0.889. The molecule has 0 saturated carbocycles. The maximum Gasteiger partial charge on any atom is 0.474 e. The van der Waals surface area contributed by atoms with Crippen LogP contribution in [0.5, 0.6) is 0 Å². The lowest BCUT2D eigenvalue weighted by atomic mass is 9.91. The van der Waals surface area contributed by atoms with Gasteiger partial charge in [-0.3, -0.25) is 23.2 Å². The smallest absolute Gasteiger partial charge is 0.387 e. The molecule has 2 aromatic heterocycles. The van der Waals surface area contributed by atoms with Crippen LogP contribution < -0.4 is 5.32 Å². The summed E-state index contributed by atoms with van der Waals surface area (Å²) in [6.45, 7) is 11.5. The molecule has 0 radical (unpaired) electrons. The van der Waals surface area contributed by atoms with E-state index in [1.165, 1.54) is 24.0 Å². The van der Waals surface area contributed by atoms with Gasteiger partial charge in [0.2, 0.25) is 0 Å². The fraction of sp³-hybridized carbons (Fsp3) is 0.731. The molecule has 1 aliphatic heterocycles. The Morgan fingerprint density at radius 2 is 1.63 bits per heavy atom. The van der Waals surface area contributed by atoms with Crippen molar-refractivity contribution < 1.29 is 42.7 Å². The van der Waals surface area contributed by atoms with Crippen LogP contribution in [0.3, 0.4) is 0 Å². The van der Waals surface area contributed by atoms with Gasteiger partial charge >= 0.3 is 7.82 Å². The number of hydrogen-bond donors (Lipinski definition) is 3. The SMILES string of the molecule is CNc1ncnn2c([C@@H]3O[C@H](COP(=O)(OCCSC(=O)C(C)(C)C)OCCSC(=O)C(C)(C)C)[C@@H](O)[C@@]3(C)O)cnc12. The van der Waals surface area contributed by atoms with Gasteiger partial charge in [-0.1, -0.05) is 65.1 Å². The number of hydrogen-bond acceptors (Lipinski definition) is 15. The fourth-order valence-electron chi connectivity index (χ4n) is 3.88. The minimum absolute atomic E-state index is 0.0554. The first kappa shape index (κ1) is 35.9. The van der Waals surface area contributed by atoms with Crippen LogP contribution >= 0.6 is 31.3 Å². The second kappa shape index (κ2) is 14.2. The second-order valence-electron chi connectivity index (χ2n) is 12.2. The molecule has 1 aliphatic rings. The number of aliphatic hydroxyl groups excluding tert-OH is 1. The van der Waals surface area contributed by atoms with Gasteiger partial charge < -0.3 is 20.3 Å². The summed E-state index contributed by atoms with van der Waals surface area (Å²) in [5, 5.41) is 29.2. The molecule has 1 fully saturated rings. The molecule has 2 aromatic rings. The molecule has 3 N–H and O–H groups in total. The zero-order valence-electron chi connectivity index (χ0n) is 25.7. The molecule has 14 nitrogen and oxygen atoms in total. The second-order valence-corrected chi connectivity index (χ2v) is 16.0. The number of thioether (sulfide) groups is 2. The van der Waals surface area contributed by atoms with Crippen LogP contribution in [0.25, 0.3) is 5.65 Å². The average Bonchev–Trinajstić information content (AvgIpc) is 3.44. The molecule has 0 unspecified atom stereocenters. The van der Waals surface area contributed by atoms with Crippen LogP contribution in [0.2, 0.25) is 0 Å². The predicted octanol–water partition coefficient (Wildman–Crippen LogP) is 3.49. The Morgan fingerprint density at radius 3 is 2.14 bits per heavy atom. The summed E-state index contributed by atoms with van der Waals surface area (Å²) in [7, 11) is -2.56. The van der Waals surface area contributed by atoms with E-state index in [9.17, 15) is 24.4 Å². The first-order valence-electron chi connectivity index (χ1n) is 13.7. The van der Waals surface area contributed by atoms with Gasteiger partial charge in [-0.25, -0.2) is 19.0 Å². The Hall–Kier alpha value is -1.62. The lowest BCUT2D eigenvalue weighted by Crippen LogP contribution is -2.43. The molecule has 0 aliphatic carbocycles. The third kappa shape index (κ3) is 8.98. The Kier molecular flexibility index (Phi) is 11.9. The van der Waals surface area contributed by atoms with Crippen LogP contribution in [0, 0.1) is 10.8 Å². The zero-order chi connectivity index (χ0) is 32.2. The summed E-state index contributed by atoms with van der Waals surface area (Å²) in [4.78, 5) is 32.9. The molecule has 0 aromatic carbocycles. The van der Waals surface area contributed by atoms with Crippen molar-refractivity contribution in [2.45, 2.75) is 72.4 Å². The standard InChI is InChI=1S/C26H42N5O9PS2/c1-24(2,3)22(33)42-11-9-37-41(36,38-10-12-43-23(34)25(4,5)6)39-14-17-18(32)26(7,35)19(40-17)16-13-28-21-20(27-8)29-15-30-31(16)21/h13,15,17-19,32,35H,9-12,14H2,1-8H3,(H,27,29,30)/t17-,18-,19+,26-/m1/s1. The highest BCUT2D eigenvalue weighted by molar-refractivity contribution is 8.14. The monoisotopic (exact) mass is 663 g/mol. The maximum atomic E-state index is 13.6. The molecule has 3 heterocycles. The van der Waals surface area contributed by atoms with Crippen molar-refractivity contribution in [1.82, 2.24) is 19.6 Å². The summed E-state index contributed by atoms with van der Waals surface area (Å²) < 4.78 is 37.6. The number of rotatable bonds is 13. The van der Waals surface area contributed by atoms with Gasteiger partial charge in [-0.2, -0.15) is 5.10 Å². The van der Waals surface area contributed by atoms with Gasteiger partial charge in [0.25, 0.3) is 0 Å². The quantitative estimate of drug-likeness (QED) is 0.209. The van der Waals surface area contributed by atoms with Crippen LogP contribution in [0.15, 0.2) is 12.5 Å².